The molecule has 0 rings (SSSR count). The minimum Gasteiger partial charge on any atom is -0.287 e. The highest BCUT2D eigenvalue weighted by molar-refractivity contribution is 7.48. The minimum atomic E-state index is -3.31. The van der Waals surface area contributed by atoms with Crippen molar-refractivity contribution in [2.24, 2.45) is 0 Å². The molecule has 0 aliphatic carbocycles. The Balaban J connectivity index is 0. The SMILES string of the molecule is CCCCOP(=O)(OCCCC)OCCCC.Cl. The van der Waals surface area contributed by atoms with Crippen LogP contribution in [0.5, 0.6) is 0 Å². The van der Waals surface area contributed by atoms with Crippen molar-refractivity contribution < 1.29 is 18.1 Å². The second-order valence-electron chi connectivity index (χ2n) is 4.01. The van der Waals surface area contributed by atoms with Gasteiger partial charge in [-0.2, -0.15) is 0 Å². The molecule has 4 nitrogen and oxygen atoms in total. The Morgan fingerprint density at radius 2 is 1.00 bits per heavy atom. The van der Waals surface area contributed by atoms with Crippen molar-refractivity contribution >= 4 is 20.2 Å². The van der Waals surface area contributed by atoms with Crippen LogP contribution in [-0.2, 0) is 18.1 Å². The Morgan fingerprint density at radius 3 is 1.22 bits per heavy atom. The molecule has 0 spiro atoms. The molecule has 0 saturated heterocycles. The normalized spacial score (nSPS) is 11.3. The van der Waals surface area contributed by atoms with Crippen LogP contribution >= 0.6 is 20.2 Å². The van der Waals surface area contributed by atoms with Crippen LogP contribution in [0.1, 0.15) is 59.3 Å². The lowest BCUT2D eigenvalue weighted by Gasteiger charge is -2.17. The number of halogens is 1. The summed E-state index contributed by atoms with van der Waals surface area (Å²) in [6.45, 7) is 7.49. The quantitative estimate of drug-likeness (QED) is 0.377. The first-order chi connectivity index (χ1) is 8.18. The molecule has 0 aliphatic rings. The van der Waals surface area contributed by atoms with E-state index >= 15 is 0 Å². The zero-order chi connectivity index (χ0) is 13.0. The molecule has 112 valence electrons. The highest BCUT2D eigenvalue weighted by Crippen LogP contribution is 2.49. The van der Waals surface area contributed by atoms with Crippen LogP contribution < -0.4 is 0 Å². The number of hydrogen-bond donors (Lipinski definition) is 0. The maximum Gasteiger partial charge on any atom is 0.474 e. The van der Waals surface area contributed by atoms with Gasteiger partial charge >= 0.3 is 7.82 Å². The second kappa shape index (κ2) is 13.8. The fourth-order valence-electron chi connectivity index (χ4n) is 1.07. The van der Waals surface area contributed by atoms with Gasteiger partial charge in [0.2, 0.25) is 0 Å². The monoisotopic (exact) mass is 302 g/mol. The Bertz CT molecular complexity index is 181. The highest BCUT2D eigenvalue weighted by atomic mass is 35.5. The van der Waals surface area contributed by atoms with Crippen LogP contribution in [0.25, 0.3) is 0 Å². The molecule has 0 aromatic carbocycles. The largest absolute Gasteiger partial charge is 0.474 e. The lowest BCUT2D eigenvalue weighted by Crippen LogP contribution is -2.03. The Morgan fingerprint density at radius 1 is 0.722 bits per heavy atom. The second-order valence-corrected chi connectivity index (χ2v) is 5.68. The van der Waals surface area contributed by atoms with Crippen LogP contribution in [0.4, 0.5) is 0 Å². The summed E-state index contributed by atoms with van der Waals surface area (Å²) in [4.78, 5) is 0. The van der Waals surface area contributed by atoms with Gasteiger partial charge in [-0.3, -0.25) is 13.6 Å². The fraction of sp³-hybridized carbons (Fsp3) is 1.00. The molecule has 0 heterocycles. The first-order valence-corrected chi connectivity index (χ1v) is 8.18. The molecule has 0 radical (unpaired) electrons. The standard InChI is InChI=1S/C12H27O4P.ClH/c1-4-7-10-14-17(13,15-11-8-5-2)16-12-9-6-3;/h4-12H2,1-3H3;1H. The Labute approximate surface area is 118 Å². The molecule has 0 aromatic heterocycles. The molecule has 0 bridgehead atoms. The van der Waals surface area contributed by atoms with Crippen molar-refractivity contribution in [3.63, 3.8) is 0 Å². The average molecular weight is 303 g/mol. The van der Waals surface area contributed by atoms with Gasteiger partial charge in [0, 0.05) is 0 Å². The molecule has 0 N–H and O–H groups in total. The lowest BCUT2D eigenvalue weighted by atomic mass is 10.4. The summed E-state index contributed by atoms with van der Waals surface area (Å²) in [6.07, 6.45) is 5.63. The number of hydrogen-bond acceptors (Lipinski definition) is 4. The molecular formula is C12H28ClO4P. The van der Waals surface area contributed by atoms with Gasteiger partial charge < -0.3 is 0 Å². The van der Waals surface area contributed by atoms with Crippen LogP contribution in [0.15, 0.2) is 0 Å². The van der Waals surface area contributed by atoms with Crippen molar-refractivity contribution in [2.45, 2.75) is 59.3 Å². The third-order valence-electron chi connectivity index (χ3n) is 2.24. The summed E-state index contributed by atoms with van der Waals surface area (Å²) in [7, 11) is -3.31. The zero-order valence-electron chi connectivity index (χ0n) is 11.9. The van der Waals surface area contributed by atoms with Crippen molar-refractivity contribution in [2.75, 3.05) is 19.8 Å². The van der Waals surface area contributed by atoms with E-state index in [4.69, 9.17) is 13.6 Å². The first kappa shape index (κ1) is 20.7. The molecule has 6 heteroatoms. The van der Waals surface area contributed by atoms with Gasteiger partial charge in [-0.15, -0.1) is 12.4 Å². The lowest BCUT2D eigenvalue weighted by molar-refractivity contribution is 0.110. The predicted octanol–water partition coefficient (Wildman–Crippen LogP) is 4.97. The summed E-state index contributed by atoms with van der Waals surface area (Å²) in [5.74, 6) is 0. The van der Waals surface area contributed by atoms with Crippen molar-refractivity contribution in [3.05, 3.63) is 0 Å². The predicted molar refractivity (Wildman–Crippen MR) is 77.4 cm³/mol. The number of rotatable bonds is 12. The van der Waals surface area contributed by atoms with E-state index in [2.05, 4.69) is 20.8 Å². The van der Waals surface area contributed by atoms with Gasteiger partial charge in [0.25, 0.3) is 0 Å². The third kappa shape index (κ3) is 11.5. The van der Waals surface area contributed by atoms with E-state index in [0.717, 1.165) is 38.5 Å². The van der Waals surface area contributed by atoms with Crippen LogP contribution in [0, 0.1) is 0 Å². The molecule has 0 fully saturated rings. The maximum absolute atomic E-state index is 12.2. The third-order valence-corrected chi connectivity index (χ3v) is 3.74. The average Bonchev–Trinajstić information content (AvgIpc) is 2.30. The van der Waals surface area contributed by atoms with Gasteiger partial charge in [-0.05, 0) is 19.3 Å². The van der Waals surface area contributed by atoms with Crippen LogP contribution in [0.2, 0.25) is 0 Å². The Hall–Kier alpha value is 0.400. The number of unbranched alkanes of at least 4 members (excludes halogenated alkanes) is 3. The van der Waals surface area contributed by atoms with Crippen LogP contribution in [0.3, 0.4) is 0 Å². The highest BCUT2D eigenvalue weighted by Gasteiger charge is 2.25. The topological polar surface area (TPSA) is 44.8 Å². The molecule has 0 atom stereocenters. The van der Waals surface area contributed by atoms with Gasteiger partial charge in [0.15, 0.2) is 0 Å². The maximum atomic E-state index is 12.2. The summed E-state index contributed by atoms with van der Waals surface area (Å²) < 4.78 is 28.0. The van der Waals surface area contributed by atoms with Gasteiger partial charge in [-0.25, -0.2) is 4.57 Å². The molecule has 0 saturated carbocycles. The molecule has 18 heavy (non-hydrogen) atoms. The zero-order valence-corrected chi connectivity index (χ0v) is 13.6. The summed E-state index contributed by atoms with van der Waals surface area (Å²) in [6, 6.07) is 0. The molecule has 0 aromatic rings. The van der Waals surface area contributed by atoms with Crippen molar-refractivity contribution in [1.29, 1.82) is 0 Å². The summed E-state index contributed by atoms with van der Waals surface area (Å²) in [5.41, 5.74) is 0. The van der Waals surface area contributed by atoms with Crippen LogP contribution in [-0.4, -0.2) is 19.8 Å². The van der Waals surface area contributed by atoms with E-state index in [1.165, 1.54) is 0 Å². The van der Waals surface area contributed by atoms with E-state index in [1.54, 1.807) is 0 Å². The van der Waals surface area contributed by atoms with E-state index < -0.39 is 7.82 Å². The van der Waals surface area contributed by atoms with Gasteiger partial charge in [0.1, 0.15) is 0 Å². The summed E-state index contributed by atoms with van der Waals surface area (Å²) >= 11 is 0. The Kier molecular flexibility index (Phi) is 15.9. The van der Waals surface area contributed by atoms with Gasteiger partial charge in [0.05, 0.1) is 19.8 Å². The van der Waals surface area contributed by atoms with E-state index in [-0.39, 0.29) is 12.4 Å². The van der Waals surface area contributed by atoms with E-state index in [9.17, 15) is 4.57 Å². The molecular weight excluding hydrogens is 275 g/mol. The van der Waals surface area contributed by atoms with E-state index in [1.807, 2.05) is 0 Å². The van der Waals surface area contributed by atoms with E-state index in [0.29, 0.717) is 19.8 Å². The number of phosphoric acid groups is 1. The minimum absolute atomic E-state index is 0. The molecule has 0 aliphatic heterocycles. The number of phosphoric ester groups is 1. The first-order valence-electron chi connectivity index (χ1n) is 6.72. The fourth-order valence-corrected chi connectivity index (χ4v) is 2.36. The van der Waals surface area contributed by atoms with Crippen molar-refractivity contribution in [1.82, 2.24) is 0 Å². The summed E-state index contributed by atoms with van der Waals surface area (Å²) in [5, 5.41) is 0. The molecule has 0 amide bonds. The molecule has 0 unspecified atom stereocenters. The smallest absolute Gasteiger partial charge is 0.287 e. The van der Waals surface area contributed by atoms with Crippen molar-refractivity contribution in [3.8, 4) is 0 Å². The van der Waals surface area contributed by atoms with Gasteiger partial charge in [-0.1, -0.05) is 40.0 Å².